The van der Waals surface area contributed by atoms with Crippen molar-refractivity contribution in [2.75, 3.05) is 57.3 Å². The van der Waals surface area contributed by atoms with E-state index in [1.54, 1.807) is 0 Å². The minimum atomic E-state index is 0.367. The summed E-state index contributed by atoms with van der Waals surface area (Å²) >= 11 is 12.5. The number of ketones is 1. The van der Waals surface area contributed by atoms with Crippen LogP contribution in [0, 0.1) is 5.92 Å². The van der Waals surface area contributed by atoms with E-state index in [1.807, 2.05) is 19.1 Å². The van der Waals surface area contributed by atoms with Gasteiger partial charge in [-0.05, 0) is 56.9 Å². The van der Waals surface area contributed by atoms with Gasteiger partial charge in [0.15, 0.2) is 0 Å². The Morgan fingerprint density at radius 1 is 1.04 bits per heavy atom. The lowest BCUT2D eigenvalue weighted by molar-refractivity contribution is -0.120. The zero-order valence-corrected chi connectivity index (χ0v) is 17.8. The van der Waals surface area contributed by atoms with Gasteiger partial charge in [0, 0.05) is 32.6 Å². The van der Waals surface area contributed by atoms with Crippen LogP contribution in [0.25, 0.3) is 0 Å². The zero-order valence-electron chi connectivity index (χ0n) is 16.3. The first-order chi connectivity index (χ1) is 13.1. The predicted molar refractivity (Wildman–Crippen MR) is 114 cm³/mol. The third kappa shape index (κ3) is 5.83. The Balaban J connectivity index is 1.37. The van der Waals surface area contributed by atoms with Crippen LogP contribution in [0.15, 0.2) is 18.2 Å². The fourth-order valence-electron chi connectivity index (χ4n) is 4.11. The summed E-state index contributed by atoms with van der Waals surface area (Å²) in [6.07, 6.45) is 4.39. The Morgan fingerprint density at radius 3 is 2.41 bits per heavy atom. The average Bonchev–Trinajstić information content (AvgIpc) is 2.70. The summed E-state index contributed by atoms with van der Waals surface area (Å²) in [5, 5.41) is 1.30. The van der Waals surface area contributed by atoms with Crippen LogP contribution in [-0.2, 0) is 4.79 Å². The Morgan fingerprint density at radius 2 is 1.74 bits per heavy atom. The monoisotopic (exact) mass is 411 g/mol. The van der Waals surface area contributed by atoms with Crippen LogP contribution >= 0.6 is 23.2 Å². The Hall–Kier alpha value is -0.810. The average molecular weight is 412 g/mol. The van der Waals surface area contributed by atoms with Gasteiger partial charge in [-0.3, -0.25) is 14.6 Å². The van der Waals surface area contributed by atoms with Crippen molar-refractivity contribution in [2.24, 2.45) is 5.92 Å². The van der Waals surface area contributed by atoms with E-state index in [1.165, 1.54) is 25.8 Å². The van der Waals surface area contributed by atoms with Crippen molar-refractivity contribution in [3.63, 3.8) is 0 Å². The molecule has 0 aliphatic carbocycles. The summed E-state index contributed by atoms with van der Waals surface area (Å²) in [5.41, 5.74) is 1.05. The number of benzene rings is 1. The molecule has 2 aliphatic rings. The van der Waals surface area contributed by atoms with Gasteiger partial charge < -0.3 is 4.90 Å². The van der Waals surface area contributed by atoms with Crippen LogP contribution in [0.1, 0.15) is 32.6 Å². The van der Waals surface area contributed by atoms with E-state index in [0.717, 1.165) is 50.9 Å². The molecule has 0 spiro atoms. The molecule has 1 aromatic carbocycles. The summed E-state index contributed by atoms with van der Waals surface area (Å²) in [4.78, 5) is 18.8. The molecule has 0 saturated carbocycles. The highest BCUT2D eigenvalue weighted by atomic mass is 35.5. The van der Waals surface area contributed by atoms with E-state index in [9.17, 15) is 4.79 Å². The van der Waals surface area contributed by atoms with Crippen molar-refractivity contribution >= 4 is 34.7 Å². The lowest BCUT2D eigenvalue weighted by Crippen LogP contribution is -2.47. The van der Waals surface area contributed by atoms with Gasteiger partial charge in [-0.15, -0.1) is 0 Å². The minimum absolute atomic E-state index is 0.367. The van der Waals surface area contributed by atoms with Gasteiger partial charge in [0.05, 0.1) is 22.3 Å². The molecule has 0 bridgehead atoms. The number of anilines is 1. The second-order valence-electron chi connectivity index (χ2n) is 7.80. The van der Waals surface area contributed by atoms with Crippen molar-refractivity contribution in [1.29, 1.82) is 0 Å². The number of nitrogens with zero attached hydrogens (tertiary/aromatic N) is 3. The minimum Gasteiger partial charge on any atom is -0.368 e. The normalized spacial score (nSPS) is 20.2. The number of halogens is 2. The summed E-state index contributed by atoms with van der Waals surface area (Å²) < 4.78 is 0. The van der Waals surface area contributed by atoms with E-state index >= 15 is 0 Å². The van der Waals surface area contributed by atoms with E-state index in [0.29, 0.717) is 28.8 Å². The Kier molecular flexibility index (Phi) is 7.83. The molecule has 0 atom stereocenters. The van der Waals surface area contributed by atoms with Crippen molar-refractivity contribution in [3.8, 4) is 0 Å². The van der Waals surface area contributed by atoms with Gasteiger partial charge in [-0.1, -0.05) is 36.2 Å². The number of likely N-dealkylation sites (tertiary alicyclic amines) is 1. The molecule has 0 N–H and O–H groups in total. The first kappa shape index (κ1) is 20.9. The highest BCUT2D eigenvalue weighted by Gasteiger charge is 2.23. The quantitative estimate of drug-likeness (QED) is 0.671. The smallest absolute Gasteiger partial charge is 0.146 e. The van der Waals surface area contributed by atoms with Crippen molar-refractivity contribution in [2.45, 2.75) is 32.6 Å². The number of Topliss-reactive ketones (excluding diaryl/α,β-unsaturated/α-hetero) is 1. The lowest BCUT2D eigenvalue weighted by Gasteiger charge is -2.38. The van der Waals surface area contributed by atoms with E-state index < -0.39 is 0 Å². The molecular weight excluding hydrogens is 381 g/mol. The number of carbonyl (C=O) groups is 1. The predicted octanol–water partition coefficient (Wildman–Crippen LogP) is 4.20. The van der Waals surface area contributed by atoms with Gasteiger partial charge in [0.1, 0.15) is 5.78 Å². The molecule has 2 heterocycles. The fraction of sp³-hybridized carbons (Fsp3) is 0.667. The van der Waals surface area contributed by atoms with E-state index in [2.05, 4.69) is 20.8 Å². The molecule has 4 nitrogen and oxygen atoms in total. The molecule has 150 valence electrons. The number of hydrogen-bond donors (Lipinski definition) is 0. The first-order valence-corrected chi connectivity index (χ1v) is 11.0. The second-order valence-corrected chi connectivity index (χ2v) is 8.59. The standard InChI is InChI=1S/C21H31Cl2N3O/c1-2-18(27)16-25-10-7-17(8-11-25)6-9-24-12-14-26(15-13-24)20-5-3-4-19(22)21(20)23/h3-5,17H,2,6-16H2,1H3. The SMILES string of the molecule is CCC(=O)CN1CCC(CCN2CCN(c3cccc(Cl)c3Cl)CC2)CC1. The van der Waals surface area contributed by atoms with Gasteiger partial charge in [-0.2, -0.15) is 0 Å². The van der Waals surface area contributed by atoms with E-state index in [4.69, 9.17) is 23.2 Å². The van der Waals surface area contributed by atoms with Crippen molar-refractivity contribution in [3.05, 3.63) is 28.2 Å². The van der Waals surface area contributed by atoms with Crippen molar-refractivity contribution in [1.82, 2.24) is 9.80 Å². The summed E-state index contributed by atoms with van der Waals surface area (Å²) in [7, 11) is 0. The first-order valence-electron chi connectivity index (χ1n) is 10.2. The maximum absolute atomic E-state index is 11.6. The van der Waals surface area contributed by atoms with Crippen LogP contribution in [-0.4, -0.2) is 67.9 Å². The summed E-state index contributed by atoms with van der Waals surface area (Å²) in [6.45, 7) is 10.1. The van der Waals surface area contributed by atoms with Gasteiger partial charge in [-0.25, -0.2) is 0 Å². The summed E-state index contributed by atoms with van der Waals surface area (Å²) in [5.74, 6) is 1.17. The number of carbonyl (C=O) groups excluding carboxylic acids is 1. The summed E-state index contributed by atoms with van der Waals surface area (Å²) in [6, 6.07) is 5.87. The molecule has 0 amide bonds. The third-order valence-electron chi connectivity index (χ3n) is 6.00. The molecule has 2 fully saturated rings. The number of rotatable bonds is 7. The van der Waals surface area contributed by atoms with Crippen LogP contribution in [0.2, 0.25) is 10.0 Å². The molecule has 27 heavy (non-hydrogen) atoms. The lowest BCUT2D eigenvalue weighted by atomic mass is 9.93. The maximum atomic E-state index is 11.6. The van der Waals surface area contributed by atoms with Gasteiger partial charge >= 0.3 is 0 Å². The molecule has 0 aromatic heterocycles. The van der Waals surface area contributed by atoms with Gasteiger partial charge in [0.2, 0.25) is 0 Å². The molecule has 1 aromatic rings. The zero-order chi connectivity index (χ0) is 19.2. The molecule has 0 radical (unpaired) electrons. The van der Waals surface area contributed by atoms with Crippen LogP contribution in [0.4, 0.5) is 5.69 Å². The highest BCUT2D eigenvalue weighted by Crippen LogP contribution is 2.33. The van der Waals surface area contributed by atoms with Gasteiger partial charge in [0.25, 0.3) is 0 Å². The number of hydrogen-bond acceptors (Lipinski definition) is 4. The van der Waals surface area contributed by atoms with Crippen LogP contribution in [0.3, 0.4) is 0 Å². The Labute approximate surface area is 173 Å². The molecule has 2 aliphatic heterocycles. The number of piperidine rings is 1. The third-order valence-corrected chi connectivity index (χ3v) is 6.81. The second kappa shape index (κ2) is 10.1. The Bertz CT molecular complexity index is 624. The van der Waals surface area contributed by atoms with Crippen LogP contribution < -0.4 is 4.90 Å². The molecule has 3 rings (SSSR count). The molecule has 6 heteroatoms. The van der Waals surface area contributed by atoms with E-state index in [-0.39, 0.29) is 0 Å². The molecule has 2 saturated heterocycles. The topological polar surface area (TPSA) is 26.8 Å². The van der Waals surface area contributed by atoms with Crippen LogP contribution in [0.5, 0.6) is 0 Å². The highest BCUT2D eigenvalue weighted by molar-refractivity contribution is 6.43. The fourth-order valence-corrected chi connectivity index (χ4v) is 4.52. The maximum Gasteiger partial charge on any atom is 0.146 e. The number of piperazine rings is 1. The molecular formula is C21H31Cl2N3O. The largest absolute Gasteiger partial charge is 0.368 e. The van der Waals surface area contributed by atoms with Crippen molar-refractivity contribution < 1.29 is 4.79 Å². The molecule has 0 unspecified atom stereocenters.